The first-order valence-corrected chi connectivity index (χ1v) is 6.76. The molecule has 0 aliphatic heterocycles. The summed E-state index contributed by atoms with van der Waals surface area (Å²) in [5, 5.41) is 10.2. The molecule has 2 nitrogen and oxygen atoms in total. The molecule has 0 fully saturated rings. The quantitative estimate of drug-likeness (QED) is 0.858. The second-order valence-electron chi connectivity index (χ2n) is 6.00. The van der Waals surface area contributed by atoms with Crippen molar-refractivity contribution in [1.29, 1.82) is 0 Å². The predicted octanol–water partition coefficient (Wildman–Crippen LogP) is 3.91. The van der Waals surface area contributed by atoms with E-state index < -0.39 is 5.60 Å². The molecule has 0 heterocycles. The van der Waals surface area contributed by atoms with E-state index in [0.717, 1.165) is 5.75 Å². The Morgan fingerprint density at radius 3 is 2.22 bits per heavy atom. The highest BCUT2D eigenvalue weighted by Gasteiger charge is 2.23. The fourth-order valence-electron chi connectivity index (χ4n) is 1.72. The van der Waals surface area contributed by atoms with Gasteiger partial charge in [-0.25, -0.2) is 0 Å². The summed E-state index contributed by atoms with van der Waals surface area (Å²) in [7, 11) is 0. The summed E-state index contributed by atoms with van der Waals surface area (Å²) in [5.74, 6) is 0.836. The Labute approximate surface area is 111 Å². The van der Waals surface area contributed by atoms with Crippen LogP contribution in [-0.4, -0.2) is 17.3 Å². The molecule has 0 saturated carbocycles. The van der Waals surface area contributed by atoms with Crippen molar-refractivity contribution in [3.8, 4) is 5.75 Å². The fraction of sp³-hybridized carbons (Fsp3) is 0.625. The zero-order valence-electron chi connectivity index (χ0n) is 12.3. The van der Waals surface area contributed by atoms with Crippen molar-refractivity contribution < 1.29 is 9.84 Å². The monoisotopic (exact) mass is 250 g/mol. The van der Waals surface area contributed by atoms with E-state index in [2.05, 4.69) is 32.9 Å². The Hall–Kier alpha value is -1.02. The molecule has 0 aromatic heterocycles. The minimum atomic E-state index is -0.711. The first-order chi connectivity index (χ1) is 8.30. The number of aliphatic hydroxyl groups is 1. The highest BCUT2D eigenvalue weighted by atomic mass is 16.5. The number of hydrogen-bond donors (Lipinski definition) is 1. The molecule has 1 aromatic carbocycles. The van der Waals surface area contributed by atoms with Crippen LogP contribution in [0, 0.1) is 0 Å². The van der Waals surface area contributed by atoms with Crippen LogP contribution in [0.25, 0.3) is 0 Å². The smallest absolute Gasteiger partial charge is 0.119 e. The third-order valence-corrected chi connectivity index (χ3v) is 3.52. The molecule has 1 rings (SSSR count). The van der Waals surface area contributed by atoms with Gasteiger partial charge >= 0.3 is 0 Å². The lowest BCUT2D eigenvalue weighted by molar-refractivity contribution is -0.0113. The van der Waals surface area contributed by atoms with Gasteiger partial charge in [-0.2, -0.15) is 0 Å². The van der Waals surface area contributed by atoms with Gasteiger partial charge in [-0.05, 0) is 36.0 Å². The van der Waals surface area contributed by atoms with E-state index >= 15 is 0 Å². The van der Waals surface area contributed by atoms with Gasteiger partial charge < -0.3 is 9.84 Å². The normalized spacial score (nSPS) is 12.6. The number of ether oxygens (including phenoxy) is 1. The lowest BCUT2D eigenvalue weighted by atomic mass is 9.87. The Balaban J connectivity index is 2.75. The van der Waals surface area contributed by atoms with Gasteiger partial charge in [0.05, 0.1) is 5.60 Å². The van der Waals surface area contributed by atoms with E-state index in [0.29, 0.717) is 19.4 Å². The van der Waals surface area contributed by atoms with Crippen LogP contribution in [0.5, 0.6) is 5.75 Å². The standard InChI is InChI=1S/C16H26O2/c1-6-16(17,7-2)12-18-14-10-8-9-13(11-14)15(3,4)5/h8-11,17H,6-7,12H2,1-5H3. The third kappa shape index (κ3) is 4.02. The summed E-state index contributed by atoms with van der Waals surface area (Å²) in [6.45, 7) is 10.9. The van der Waals surface area contributed by atoms with Gasteiger partial charge in [-0.1, -0.05) is 46.8 Å². The van der Waals surface area contributed by atoms with Crippen LogP contribution in [0.4, 0.5) is 0 Å². The number of rotatable bonds is 5. The van der Waals surface area contributed by atoms with Crippen molar-refractivity contribution in [1.82, 2.24) is 0 Å². The molecule has 0 bridgehead atoms. The molecule has 0 unspecified atom stereocenters. The molecular formula is C16H26O2. The summed E-state index contributed by atoms with van der Waals surface area (Å²) in [5.41, 5.74) is 0.652. The van der Waals surface area contributed by atoms with Gasteiger partial charge in [0.25, 0.3) is 0 Å². The summed E-state index contributed by atoms with van der Waals surface area (Å²) in [6, 6.07) is 8.12. The van der Waals surface area contributed by atoms with Gasteiger partial charge in [0.1, 0.15) is 12.4 Å². The topological polar surface area (TPSA) is 29.5 Å². The van der Waals surface area contributed by atoms with Crippen molar-refractivity contribution in [2.45, 2.75) is 58.5 Å². The van der Waals surface area contributed by atoms with Crippen LogP contribution in [-0.2, 0) is 5.41 Å². The van der Waals surface area contributed by atoms with Gasteiger partial charge in [0.2, 0.25) is 0 Å². The number of hydrogen-bond acceptors (Lipinski definition) is 2. The zero-order chi connectivity index (χ0) is 13.8. The first kappa shape index (κ1) is 15.0. The minimum Gasteiger partial charge on any atom is -0.491 e. The summed E-state index contributed by atoms with van der Waals surface area (Å²) >= 11 is 0. The molecule has 0 radical (unpaired) electrons. The van der Waals surface area contributed by atoms with E-state index in [1.54, 1.807) is 0 Å². The minimum absolute atomic E-state index is 0.116. The molecule has 0 atom stereocenters. The molecule has 102 valence electrons. The fourth-order valence-corrected chi connectivity index (χ4v) is 1.72. The van der Waals surface area contributed by atoms with Crippen molar-refractivity contribution >= 4 is 0 Å². The van der Waals surface area contributed by atoms with Crippen LogP contribution in [0.1, 0.15) is 53.0 Å². The highest BCUT2D eigenvalue weighted by molar-refractivity contribution is 5.32. The molecule has 0 spiro atoms. The third-order valence-electron chi connectivity index (χ3n) is 3.52. The summed E-state index contributed by atoms with van der Waals surface area (Å²) in [4.78, 5) is 0. The van der Waals surface area contributed by atoms with Crippen molar-refractivity contribution in [2.75, 3.05) is 6.61 Å². The largest absolute Gasteiger partial charge is 0.491 e. The van der Waals surface area contributed by atoms with E-state index in [1.165, 1.54) is 5.56 Å². The molecule has 18 heavy (non-hydrogen) atoms. The van der Waals surface area contributed by atoms with Crippen LogP contribution in [0.3, 0.4) is 0 Å². The Bertz CT molecular complexity index is 373. The van der Waals surface area contributed by atoms with E-state index in [1.807, 2.05) is 26.0 Å². The summed E-state index contributed by atoms with van der Waals surface area (Å²) < 4.78 is 5.74. The van der Waals surface area contributed by atoms with Crippen molar-refractivity contribution in [3.63, 3.8) is 0 Å². The Morgan fingerprint density at radius 1 is 1.11 bits per heavy atom. The average molecular weight is 250 g/mol. The summed E-state index contributed by atoms with van der Waals surface area (Å²) in [6.07, 6.45) is 1.42. The van der Waals surface area contributed by atoms with E-state index in [-0.39, 0.29) is 5.41 Å². The Morgan fingerprint density at radius 2 is 1.72 bits per heavy atom. The second-order valence-corrected chi connectivity index (χ2v) is 6.00. The molecular weight excluding hydrogens is 224 g/mol. The van der Waals surface area contributed by atoms with Crippen molar-refractivity contribution in [2.24, 2.45) is 0 Å². The molecule has 2 heteroatoms. The van der Waals surface area contributed by atoms with Gasteiger partial charge in [0, 0.05) is 0 Å². The predicted molar refractivity (Wildman–Crippen MR) is 76.2 cm³/mol. The van der Waals surface area contributed by atoms with Gasteiger partial charge in [-0.15, -0.1) is 0 Å². The van der Waals surface area contributed by atoms with Crippen molar-refractivity contribution in [3.05, 3.63) is 29.8 Å². The maximum Gasteiger partial charge on any atom is 0.119 e. The van der Waals surface area contributed by atoms with Crippen LogP contribution in [0.15, 0.2) is 24.3 Å². The molecule has 0 saturated heterocycles. The second kappa shape index (κ2) is 5.75. The van der Waals surface area contributed by atoms with Gasteiger partial charge in [-0.3, -0.25) is 0 Å². The number of benzene rings is 1. The molecule has 0 aliphatic carbocycles. The van der Waals surface area contributed by atoms with Gasteiger partial charge in [0.15, 0.2) is 0 Å². The van der Waals surface area contributed by atoms with Crippen LogP contribution >= 0.6 is 0 Å². The Kier molecular flexibility index (Phi) is 4.80. The van der Waals surface area contributed by atoms with E-state index in [9.17, 15) is 5.11 Å². The maximum atomic E-state index is 10.2. The maximum absolute atomic E-state index is 10.2. The lowest BCUT2D eigenvalue weighted by Crippen LogP contribution is -2.34. The average Bonchev–Trinajstić information content (AvgIpc) is 2.35. The molecule has 0 aliphatic rings. The SMILES string of the molecule is CCC(O)(CC)COc1cccc(C(C)(C)C)c1. The van der Waals surface area contributed by atoms with Crippen LogP contribution < -0.4 is 4.74 Å². The zero-order valence-corrected chi connectivity index (χ0v) is 12.3. The van der Waals surface area contributed by atoms with Crippen LogP contribution in [0.2, 0.25) is 0 Å². The van der Waals surface area contributed by atoms with E-state index in [4.69, 9.17) is 4.74 Å². The molecule has 0 amide bonds. The lowest BCUT2D eigenvalue weighted by Gasteiger charge is -2.26. The molecule has 1 aromatic rings. The molecule has 1 N–H and O–H groups in total. The first-order valence-electron chi connectivity index (χ1n) is 6.76. The highest BCUT2D eigenvalue weighted by Crippen LogP contribution is 2.26.